The number of nitrogens with two attached hydrogens (primary N) is 1. The van der Waals surface area contributed by atoms with Crippen molar-refractivity contribution in [1.29, 1.82) is 0 Å². The minimum absolute atomic E-state index is 0.0115. The summed E-state index contributed by atoms with van der Waals surface area (Å²) in [5.41, 5.74) is 5.50. The van der Waals surface area contributed by atoms with Crippen LogP contribution >= 0.6 is 0 Å². The predicted octanol–water partition coefficient (Wildman–Crippen LogP) is 1.05. The number of nitrogens with one attached hydrogen (secondary N) is 1. The van der Waals surface area contributed by atoms with Crippen LogP contribution in [-0.4, -0.2) is 31.7 Å². The van der Waals surface area contributed by atoms with E-state index in [2.05, 4.69) is 12.2 Å². The molecule has 0 aromatic carbocycles. The summed E-state index contributed by atoms with van der Waals surface area (Å²) in [5, 5.41) is 2.70. The molecular formula is C11H24N2O2. The normalized spacial score (nSPS) is 12.5. The van der Waals surface area contributed by atoms with Crippen molar-refractivity contribution in [3.05, 3.63) is 0 Å². The highest BCUT2D eigenvalue weighted by Gasteiger charge is 2.06. The molecule has 4 nitrogen and oxygen atoms in total. The van der Waals surface area contributed by atoms with Crippen molar-refractivity contribution in [2.75, 3.05) is 19.7 Å². The van der Waals surface area contributed by atoms with Crippen LogP contribution in [0.5, 0.6) is 0 Å². The number of carbonyl (C=O) groups excluding carboxylic acids is 1. The lowest BCUT2D eigenvalue weighted by molar-refractivity contribution is -0.119. The Hall–Kier alpha value is -0.610. The zero-order chi connectivity index (χ0) is 11.5. The van der Waals surface area contributed by atoms with E-state index in [4.69, 9.17) is 10.5 Å². The molecule has 0 fully saturated rings. The van der Waals surface area contributed by atoms with Gasteiger partial charge in [0, 0.05) is 13.5 Å². The Labute approximate surface area is 92.6 Å². The molecule has 0 aliphatic carbocycles. The molecule has 0 aromatic rings. The van der Waals surface area contributed by atoms with E-state index >= 15 is 0 Å². The molecule has 90 valence electrons. The number of hydrogen-bond acceptors (Lipinski definition) is 3. The number of carbonyl (C=O) groups is 1. The highest BCUT2D eigenvalue weighted by Crippen LogP contribution is 2.07. The van der Waals surface area contributed by atoms with E-state index in [1.165, 1.54) is 19.8 Å². The van der Waals surface area contributed by atoms with E-state index in [0.29, 0.717) is 19.7 Å². The Balaban J connectivity index is 3.51. The second-order valence-electron chi connectivity index (χ2n) is 3.70. The van der Waals surface area contributed by atoms with Crippen molar-refractivity contribution >= 4 is 5.91 Å². The fourth-order valence-corrected chi connectivity index (χ4v) is 1.38. The van der Waals surface area contributed by atoms with Gasteiger partial charge in [0.05, 0.1) is 12.7 Å². The molecular weight excluding hydrogens is 192 g/mol. The summed E-state index contributed by atoms with van der Waals surface area (Å²) >= 11 is 0. The molecule has 15 heavy (non-hydrogen) atoms. The highest BCUT2D eigenvalue weighted by atomic mass is 16.5. The molecule has 0 aromatic heterocycles. The van der Waals surface area contributed by atoms with Crippen LogP contribution in [0.2, 0.25) is 0 Å². The van der Waals surface area contributed by atoms with Gasteiger partial charge >= 0.3 is 0 Å². The fraction of sp³-hybridized carbons (Fsp3) is 0.909. The zero-order valence-corrected chi connectivity index (χ0v) is 9.92. The second-order valence-corrected chi connectivity index (χ2v) is 3.70. The topological polar surface area (TPSA) is 64.3 Å². The summed E-state index contributed by atoms with van der Waals surface area (Å²) in [7, 11) is 0. The first-order chi connectivity index (χ1) is 7.20. The van der Waals surface area contributed by atoms with Gasteiger partial charge in [-0.3, -0.25) is 4.79 Å². The highest BCUT2D eigenvalue weighted by molar-refractivity contribution is 5.72. The maximum atomic E-state index is 10.6. The molecule has 1 atom stereocenters. The molecule has 1 amide bonds. The van der Waals surface area contributed by atoms with E-state index in [-0.39, 0.29) is 12.0 Å². The largest absolute Gasteiger partial charge is 0.376 e. The summed E-state index contributed by atoms with van der Waals surface area (Å²) in [6.45, 7) is 5.50. The second kappa shape index (κ2) is 9.93. The predicted molar refractivity (Wildman–Crippen MR) is 61.6 cm³/mol. The molecule has 4 heteroatoms. The van der Waals surface area contributed by atoms with Crippen molar-refractivity contribution < 1.29 is 9.53 Å². The van der Waals surface area contributed by atoms with E-state index in [9.17, 15) is 4.79 Å². The Morgan fingerprint density at radius 2 is 2.20 bits per heavy atom. The first-order valence-electron chi connectivity index (χ1n) is 5.76. The Morgan fingerprint density at radius 3 is 2.73 bits per heavy atom. The maximum Gasteiger partial charge on any atom is 0.216 e. The summed E-state index contributed by atoms with van der Waals surface area (Å²) < 4.78 is 5.64. The molecule has 1 unspecified atom stereocenters. The first-order valence-corrected chi connectivity index (χ1v) is 5.76. The molecule has 0 heterocycles. The molecule has 0 aliphatic heterocycles. The van der Waals surface area contributed by atoms with Gasteiger partial charge in [-0.1, -0.05) is 19.8 Å². The van der Waals surface area contributed by atoms with Gasteiger partial charge in [0.2, 0.25) is 5.91 Å². The Morgan fingerprint density at radius 1 is 1.47 bits per heavy atom. The standard InChI is InChI=1S/C11H24N2O2/c1-3-4-5-11(6-7-12)15-9-8-13-10(2)14/h11H,3-9,12H2,1-2H3,(H,13,14). The Bertz CT molecular complexity index is 163. The molecule has 0 radical (unpaired) electrons. The minimum Gasteiger partial charge on any atom is -0.376 e. The lowest BCUT2D eigenvalue weighted by atomic mass is 10.1. The molecule has 0 saturated heterocycles. The van der Waals surface area contributed by atoms with Crippen molar-refractivity contribution in [2.24, 2.45) is 5.73 Å². The van der Waals surface area contributed by atoms with Gasteiger partial charge in [-0.15, -0.1) is 0 Å². The summed E-state index contributed by atoms with van der Waals surface area (Å²) in [6.07, 6.45) is 4.57. The van der Waals surface area contributed by atoms with Gasteiger partial charge in [-0.2, -0.15) is 0 Å². The number of rotatable bonds is 9. The van der Waals surface area contributed by atoms with Gasteiger partial charge in [0.25, 0.3) is 0 Å². The van der Waals surface area contributed by atoms with Crippen molar-refractivity contribution in [3.8, 4) is 0 Å². The van der Waals surface area contributed by atoms with Crippen LogP contribution < -0.4 is 11.1 Å². The van der Waals surface area contributed by atoms with Crippen molar-refractivity contribution in [3.63, 3.8) is 0 Å². The summed E-state index contributed by atoms with van der Waals surface area (Å²) in [5.74, 6) is -0.0115. The number of hydrogen-bond donors (Lipinski definition) is 2. The lowest BCUT2D eigenvalue weighted by Crippen LogP contribution is -2.27. The third-order valence-corrected chi connectivity index (χ3v) is 2.20. The Kier molecular flexibility index (Phi) is 9.52. The minimum atomic E-state index is -0.0115. The van der Waals surface area contributed by atoms with Crippen LogP contribution in [0.25, 0.3) is 0 Å². The number of unbranched alkanes of at least 4 members (excludes halogenated alkanes) is 1. The van der Waals surface area contributed by atoms with E-state index in [1.807, 2.05) is 0 Å². The average molecular weight is 216 g/mol. The van der Waals surface area contributed by atoms with Crippen LogP contribution in [0.4, 0.5) is 0 Å². The fourth-order valence-electron chi connectivity index (χ4n) is 1.38. The van der Waals surface area contributed by atoms with Crippen LogP contribution in [0.3, 0.4) is 0 Å². The van der Waals surface area contributed by atoms with E-state index < -0.39 is 0 Å². The lowest BCUT2D eigenvalue weighted by Gasteiger charge is -2.16. The number of ether oxygens (including phenoxy) is 1. The molecule has 0 rings (SSSR count). The van der Waals surface area contributed by atoms with Gasteiger partial charge in [-0.05, 0) is 19.4 Å². The molecule has 0 bridgehead atoms. The van der Waals surface area contributed by atoms with Gasteiger partial charge in [0.15, 0.2) is 0 Å². The average Bonchev–Trinajstić information content (AvgIpc) is 2.20. The zero-order valence-electron chi connectivity index (χ0n) is 9.92. The van der Waals surface area contributed by atoms with Gasteiger partial charge in [-0.25, -0.2) is 0 Å². The quantitative estimate of drug-likeness (QED) is 0.566. The maximum absolute atomic E-state index is 10.6. The van der Waals surface area contributed by atoms with Crippen molar-refractivity contribution in [2.45, 2.75) is 45.6 Å². The summed E-state index contributed by atoms with van der Waals surface area (Å²) in [4.78, 5) is 10.6. The van der Waals surface area contributed by atoms with Crippen molar-refractivity contribution in [1.82, 2.24) is 5.32 Å². The van der Waals surface area contributed by atoms with Crippen LogP contribution in [0, 0.1) is 0 Å². The smallest absolute Gasteiger partial charge is 0.216 e. The molecule has 0 aliphatic rings. The molecule has 0 spiro atoms. The SMILES string of the molecule is CCCCC(CCN)OCCNC(C)=O. The van der Waals surface area contributed by atoms with Gasteiger partial charge in [0.1, 0.15) is 0 Å². The van der Waals surface area contributed by atoms with Crippen LogP contribution in [0.15, 0.2) is 0 Å². The third kappa shape index (κ3) is 9.69. The van der Waals surface area contributed by atoms with E-state index in [0.717, 1.165) is 12.8 Å². The van der Waals surface area contributed by atoms with E-state index in [1.54, 1.807) is 0 Å². The third-order valence-electron chi connectivity index (χ3n) is 2.20. The summed E-state index contributed by atoms with van der Waals surface area (Å²) in [6, 6.07) is 0. The van der Waals surface area contributed by atoms with Crippen LogP contribution in [-0.2, 0) is 9.53 Å². The molecule has 3 N–H and O–H groups in total. The van der Waals surface area contributed by atoms with Crippen LogP contribution in [0.1, 0.15) is 39.5 Å². The monoisotopic (exact) mass is 216 g/mol. The first kappa shape index (κ1) is 14.4. The van der Waals surface area contributed by atoms with Gasteiger partial charge < -0.3 is 15.8 Å². The number of amides is 1. The molecule has 0 saturated carbocycles.